The van der Waals surface area contributed by atoms with Gasteiger partial charge in [0.15, 0.2) is 5.58 Å². The van der Waals surface area contributed by atoms with Crippen molar-refractivity contribution in [2.24, 2.45) is 0 Å². The third-order valence-corrected chi connectivity index (χ3v) is 3.97. The molecule has 2 aromatic carbocycles. The van der Waals surface area contributed by atoms with E-state index in [1.165, 1.54) is 0 Å². The van der Waals surface area contributed by atoms with Gasteiger partial charge in [0.2, 0.25) is 5.89 Å². The lowest BCUT2D eigenvalue weighted by molar-refractivity contribution is 0.102. The second-order valence-electron chi connectivity index (χ2n) is 5.71. The first-order valence-corrected chi connectivity index (χ1v) is 7.89. The Kier molecular flexibility index (Phi) is 3.74. The Hall–Kier alpha value is -3.47. The number of nitrogens with one attached hydrogen (secondary N) is 1. The maximum atomic E-state index is 12.4. The Morgan fingerprint density at radius 1 is 1.04 bits per heavy atom. The van der Waals surface area contributed by atoms with E-state index < -0.39 is 0 Å². The van der Waals surface area contributed by atoms with Crippen molar-refractivity contribution in [2.45, 2.75) is 6.92 Å². The number of rotatable bonds is 3. The smallest absolute Gasteiger partial charge is 0.255 e. The van der Waals surface area contributed by atoms with Crippen LogP contribution in [0.5, 0.6) is 0 Å². The normalized spacial score (nSPS) is 10.8. The summed E-state index contributed by atoms with van der Waals surface area (Å²) in [4.78, 5) is 20.8. The molecule has 0 aliphatic heterocycles. The van der Waals surface area contributed by atoms with Gasteiger partial charge in [0.25, 0.3) is 5.91 Å². The van der Waals surface area contributed by atoms with E-state index in [1.807, 2.05) is 49.4 Å². The number of pyridine rings is 1. The number of carbonyl (C=O) groups is 1. The number of anilines is 1. The molecule has 0 aliphatic rings. The lowest BCUT2D eigenvalue weighted by atomic mass is 10.1. The van der Waals surface area contributed by atoms with Gasteiger partial charge < -0.3 is 9.73 Å². The highest BCUT2D eigenvalue weighted by Gasteiger charge is 2.12. The third-order valence-electron chi connectivity index (χ3n) is 3.97. The minimum absolute atomic E-state index is 0.180. The van der Waals surface area contributed by atoms with E-state index in [1.54, 1.807) is 24.5 Å². The van der Waals surface area contributed by atoms with E-state index in [2.05, 4.69) is 15.3 Å². The predicted octanol–water partition coefficient (Wildman–Crippen LogP) is 4.45. The lowest BCUT2D eigenvalue weighted by Crippen LogP contribution is -2.12. The van der Waals surface area contributed by atoms with Crippen LogP contribution in [0.2, 0.25) is 0 Å². The van der Waals surface area contributed by atoms with E-state index in [0.29, 0.717) is 11.5 Å². The van der Waals surface area contributed by atoms with Crippen LogP contribution < -0.4 is 5.32 Å². The lowest BCUT2D eigenvalue weighted by Gasteiger charge is -2.09. The Morgan fingerprint density at radius 3 is 2.64 bits per heavy atom. The molecule has 25 heavy (non-hydrogen) atoms. The van der Waals surface area contributed by atoms with Crippen molar-refractivity contribution < 1.29 is 9.21 Å². The Morgan fingerprint density at radius 2 is 1.84 bits per heavy atom. The van der Waals surface area contributed by atoms with Gasteiger partial charge in [-0.25, -0.2) is 4.98 Å². The molecule has 0 saturated heterocycles. The molecule has 2 heterocycles. The van der Waals surface area contributed by atoms with E-state index >= 15 is 0 Å². The van der Waals surface area contributed by atoms with Gasteiger partial charge in [-0.3, -0.25) is 9.78 Å². The molecular formula is C20H15N3O2. The molecule has 0 radical (unpaired) electrons. The number of amides is 1. The monoisotopic (exact) mass is 329 g/mol. The zero-order chi connectivity index (χ0) is 17.2. The van der Waals surface area contributed by atoms with Crippen LogP contribution in [0.3, 0.4) is 0 Å². The minimum Gasteiger partial charge on any atom is -0.436 e. The second-order valence-corrected chi connectivity index (χ2v) is 5.71. The number of hydrogen-bond donors (Lipinski definition) is 1. The fourth-order valence-electron chi connectivity index (χ4n) is 2.58. The molecule has 0 aliphatic carbocycles. The van der Waals surface area contributed by atoms with Gasteiger partial charge in [0.1, 0.15) is 5.52 Å². The van der Waals surface area contributed by atoms with E-state index in [0.717, 1.165) is 27.9 Å². The summed E-state index contributed by atoms with van der Waals surface area (Å²) in [6.07, 6.45) is 3.19. The molecule has 0 unspecified atom stereocenters. The molecule has 4 aromatic rings. The van der Waals surface area contributed by atoms with Crippen LogP contribution in [-0.2, 0) is 0 Å². The van der Waals surface area contributed by atoms with Crippen molar-refractivity contribution in [2.75, 3.05) is 5.32 Å². The number of nitrogens with zero attached hydrogens (tertiary/aromatic N) is 2. The summed E-state index contributed by atoms with van der Waals surface area (Å²) in [5.41, 5.74) is 4.60. The highest BCUT2D eigenvalue weighted by molar-refractivity contribution is 6.04. The molecule has 0 spiro atoms. The highest BCUT2D eigenvalue weighted by Crippen LogP contribution is 2.28. The van der Waals surface area contributed by atoms with Gasteiger partial charge in [-0.1, -0.05) is 18.2 Å². The average Bonchev–Trinajstić information content (AvgIpc) is 3.08. The minimum atomic E-state index is -0.180. The molecule has 0 atom stereocenters. The van der Waals surface area contributed by atoms with Crippen LogP contribution in [0.25, 0.3) is 22.6 Å². The van der Waals surface area contributed by atoms with Gasteiger partial charge in [0, 0.05) is 29.2 Å². The molecular weight excluding hydrogens is 314 g/mol. The number of benzene rings is 2. The second kappa shape index (κ2) is 6.20. The SMILES string of the molecule is Cc1ccc(-c2nc3ccccc3o2)cc1NC(=O)c1ccncc1. The van der Waals surface area contributed by atoms with Gasteiger partial charge in [-0.15, -0.1) is 0 Å². The molecule has 5 nitrogen and oxygen atoms in total. The summed E-state index contributed by atoms with van der Waals surface area (Å²) < 4.78 is 5.81. The van der Waals surface area contributed by atoms with Crippen LogP contribution in [-0.4, -0.2) is 15.9 Å². The molecule has 2 aromatic heterocycles. The van der Waals surface area contributed by atoms with E-state index in [-0.39, 0.29) is 5.91 Å². The summed E-state index contributed by atoms with van der Waals surface area (Å²) in [5, 5.41) is 2.93. The molecule has 1 N–H and O–H groups in total. The number of fused-ring (bicyclic) bond motifs is 1. The van der Waals surface area contributed by atoms with Gasteiger partial charge in [-0.05, 0) is 48.9 Å². The average molecular weight is 329 g/mol. The molecule has 0 fully saturated rings. The predicted molar refractivity (Wildman–Crippen MR) is 96.4 cm³/mol. The Labute approximate surface area is 144 Å². The maximum Gasteiger partial charge on any atom is 0.255 e. The van der Waals surface area contributed by atoms with E-state index in [9.17, 15) is 4.79 Å². The first kappa shape index (κ1) is 15.1. The molecule has 5 heteroatoms. The van der Waals surface area contributed by atoms with Crippen molar-refractivity contribution in [3.05, 3.63) is 78.1 Å². The Balaban J connectivity index is 1.67. The number of aromatic nitrogens is 2. The van der Waals surface area contributed by atoms with Gasteiger partial charge in [0.05, 0.1) is 0 Å². The molecule has 0 bridgehead atoms. The topological polar surface area (TPSA) is 68.0 Å². The fourth-order valence-corrected chi connectivity index (χ4v) is 2.58. The fraction of sp³-hybridized carbons (Fsp3) is 0.0500. The van der Waals surface area contributed by atoms with Crippen LogP contribution in [0.1, 0.15) is 15.9 Å². The first-order chi connectivity index (χ1) is 12.2. The van der Waals surface area contributed by atoms with Crippen molar-refractivity contribution in [3.63, 3.8) is 0 Å². The largest absolute Gasteiger partial charge is 0.436 e. The standard InChI is InChI=1S/C20H15N3O2/c1-13-6-7-15(20-23-16-4-2-3-5-18(16)25-20)12-17(13)22-19(24)14-8-10-21-11-9-14/h2-12H,1H3,(H,22,24). The zero-order valence-corrected chi connectivity index (χ0v) is 13.6. The molecule has 1 amide bonds. The molecule has 4 rings (SSSR count). The van der Waals surface area contributed by atoms with Crippen molar-refractivity contribution in [3.8, 4) is 11.5 Å². The van der Waals surface area contributed by atoms with E-state index in [4.69, 9.17) is 4.42 Å². The summed E-state index contributed by atoms with van der Waals surface area (Å²) in [6.45, 7) is 1.94. The number of oxazole rings is 1. The number of hydrogen-bond acceptors (Lipinski definition) is 4. The number of para-hydroxylation sites is 2. The van der Waals surface area contributed by atoms with Gasteiger partial charge >= 0.3 is 0 Å². The van der Waals surface area contributed by atoms with Crippen LogP contribution >= 0.6 is 0 Å². The first-order valence-electron chi connectivity index (χ1n) is 7.89. The van der Waals surface area contributed by atoms with Crippen LogP contribution in [0.15, 0.2) is 71.4 Å². The zero-order valence-electron chi connectivity index (χ0n) is 13.6. The van der Waals surface area contributed by atoms with Crippen molar-refractivity contribution in [1.29, 1.82) is 0 Å². The number of aryl methyl sites for hydroxylation is 1. The van der Waals surface area contributed by atoms with Crippen molar-refractivity contribution in [1.82, 2.24) is 9.97 Å². The summed E-state index contributed by atoms with van der Waals surface area (Å²) >= 11 is 0. The summed E-state index contributed by atoms with van der Waals surface area (Å²) in [5.74, 6) is 0.348. The quantitative estimate of drug-likeness (QED) is 0.603. The number of carbonyl (C=O) groups excluding carboxylic acids is 1. The summed E-state index contributed by atoms with van der Waals surface area (Å²) in [7, 11) is 0. The Bertz CT molecular complexity index is 1020. The van der Waals surface area contributed by atoms with Gasteiger partial charge in [-0.2, -0.15) is 0 Å². The van der Waals surface area contributed by atoms with Crippen LogP contribution in [0, 0.1) is 6.92 Å². The third kappa shape index (κ3) is 2.99. The highest BCUT2D eigenvalue weighted by atomic mass is 16.3. The van der Waals surface area contributed by atoms with Crippen LogP contribution in [0.4, 0.5) is 5.69 Å². The maximum absolute atomic E-state index is 12.4. The van der Waals surface area contributed by atoms with Crippen molar-refractivity contribution >= 4 is 22.7 Å². The summed E-state index contributed by atoms with van der Waals surface area (Å²) in [6, 6.07) is 16.7. The molecule has 122 valence electrons. The molecule has 0 saturated carbocycles.